The van der Waals surface area contributed by atoms with Crippen LogP contribution in [-0.4, -0.2) is 26.4 Å². The third kappa shape index (κ3) is 2.22. The van der Waals surface area contributed by atoms with Crippen molar-refractivity contribution in [2.75, 3.05) is 11.9 Å². The minimum absolute atomic E-state index is 0.234. The highest BCUT2D eigenvalue weighted by Crippen LogP contribution is 2.23. The van der Waals surface area contributed by atoms with Gasteiger partial charge in [0.2, 0.25) is 5.95 Å². The van der Waals surface area contributed by atoms with Gasteiger partial charge in [-0.25, -0.2) is 0 Å². The fraction of sp³-hybridized carbons (Fsp3) is 0.333. The standard InChI is InChI=1S/C12H16N4O/c1-3-13-12-15-14-11(16(12)4-2)9-6-5-7-10(17)8-9/h5-8,17H,3-4H2,1-2H3,(H,13,15). The Morgan fingerprint density at radius 3 is 2.76 bits per heavy atom. The third-order valence-electron chi connectivity index (χ3n) is 2.51. The summed E-state index contributed by atoms with van der Waals surface area (Å²) in [6, 6.07) is 7.03. The summed E-state index contributed by atoms with van der Waals surface area (Å²) in [7, 11) is 0. The second-order valence-electron chi connectivity index (χ2n) is 3.67. The SMILES string of the molecule is CCNc1nnc(-c2cccc(O)c2)n1CC. The van der Waals surface area contributed by atoms with E-state index < -0.39 is 0 Å². The zero-order valence-electron chi connectivity index (χ0n) is 10.0. The molecule has 0 amide bonds. The summed E-state index contributed by atoms with van der Waals surface area (Å²) in [6.07, 6.45) is 0. The number of aromatic hydroxyl groups is 1. The van der Waals surface area contributed by atoms with Gasteiger partial charge in [-0.2, -0.15) is 0 Å². The molecule has 0 atom stereocenters. The van der Waals surface area contributed by atoms with E-state index in [1.165, 1.54) is 0 Å². The molecule has 2 N–H and O–H groups in total. The van der Waals surface area contributed by atoms with Gasteiger partial charge in [-0.05, 0) is 26.0 Å². The van der Waals surface area contributed by atoms with Crippen molar-refractivity contribution in [1.82, 2.24) is 14.8 Å². The third-order valence-corrected chi connectivity index (χ3v) is 2.51. The molecule has 1 heterocycles. The number of hydrogen-bond acceptors (Lipinski definition) is 4. The van der Waals surface area contributed by atoms with Crippen LogP contribution in [0, 0.1) is 0 Å². The summed E-state index contributed by atoms with van der Waals surface area (Å²) < 4.78 is 1.98. The van der Waals surface area contributed by atoms with E-state index in [-0.39, 0.29) is 5.75 Å². The minimum Gasteiger partial charge on any atom is -0.508 e. The Morgan fingerprint density at radius 2 is 2.12 bits per heavy atom. The molecule has 0 aliphatic rings. The molecule has 0 saturated carbocycles. The van der Waals surface area contributed by atoms with Crippen molar-refractivity contribution in [3.05, 3.63) is 24.3 Å². The van der Waals surface area contributed by atoms with Gasteiger partial charge in [-0.15, -0.1) is 10.2 Å². The minimum atomic E-state index is 0.234. The summed E-state index contributed by atoms with van der Waals surface area (Å²) in [5.74, 6) is 1.76. The fourth-order valence-corrected chi connectivity index (χ4v) is 1.75. The summed E-state index contributed by atoms with van der Waals surface area (Å²) >= 11 is 0. The Bertz CT molecular complexity index is 507. The molecular formula is C12H16N4O. The average molecular weight is 232 g/mol. The molecule has 17 heavy (non-hydrogen) atoms. The second-order valence-corrected chi connectivity index (χ2v) is 3.67. The van der Waals surface area contributed by atoms with E-state index in [4.69, 9.17) is 0 Å². The van der Waals surface area contributed by atoms with Crippen LogP contribution in [0.5, 0.6) is 5.75 Å². The summed E-state index contributed by atoms with van der Waals surface area (Å²) in [6.45, 7) is 5.64. The van der Waals surface area contributed by atoms with Crippen LogP contribution in [0.2, 0.25) is 0 Å². The van der Waals surface area contributed by atoms with Gasteiger partial charge in [-0.1, -0.05) is 12.1 Å². The lowest BCUT2D eigenvalue weighted by Crippen LogP contribution is -2.06. The van der Waals surface area contributed by atoms with Crippen LogP contribution in [0.3, 0.4) is 0 Å². The first-order valence-electron chi connectivity index (χ1n) is 5.72. The molecule has 90 valence electrons. The van der Waals surface area contributed by atoms with E-state index >= 15 is 0 Å². The van der Waals surface area contributed by atoms with E-state index in [0.29, 0.717) is 0 Å². The van der Waals surface area contributed by atoms with E-state index in [1.807, 2.05) is 24.5 Å². The second kappa shape index (κ2) is 4.86. The molecule has 0 saturated heterocycles. The van der Waals surface area contributed by atoms with Gasteiger partial charge in [-0.3, -0.25) is 4.57 Å². The number of anilines is 1. The number of benzene rings is 1. The van der Waals surface area contributed by atoms with Crippen LogP contribution >= 0.6 is 0 Å². The summed E-state index contributed by atoms with van der Waals surface area (Å²) in [5, 5.41) is 20.9. The Balaban J connectivity index is 2.45. The highest BCUT2D eigenvalue weighted by atomic mass is 16.3. The van der Waals surface area contributed by atoms with Gasteiger partial charge < -0.3 is 10.4 Å². The van der Waals surface area contributed by atoms with Gasteiger partial charge in [0.15, 0.2) is 5.82 Å². The molecule has 2 rings (SSSR count). The lowest BCUT2D eigenvalue weighted by molar-refractivity contribution is 0.475. The smallest absolute Gasteiger partial charge is 0.224 e. The van der Waals surface area contributed by atoms with Gasteiger partial charge in [0.05, 0.1) is 0 Å². The molecule has 0 aliphatic heterocycles. The molecule has 2 aromatic rings. The van der Waals surface area contributed by atoms with Gasteiger partial charge in [0, 0.05) is 18.7 Å². The quantitative estimate of drug-likeness (QED) is 0.847. The van der Waals surface area contributed by atoms with Crippen molar-refractivity contribution in [1.29, 1.82) is 0 Å². The largest absolute Gasteiger partial charge is 0.508 e. The number of aromatic nitrogens is 3. The van der Waals surface area contributed by atoms with Crippen molar-refractivity contribution in [3.63, 3.8) is 0 Å². The molecule has 0 fully saturated rings. The van der Waals surface area contributed by atoms with Crippen LogP contribution in [0.1, 0.15) is 13.8 Å². The molecule has 5 nitrogen and oxygen atoms in total. The van der Waals surface area contributed by atoms with E-state index in [0.717, 1.165) is 30.4 Å². The first-order valence-corrected chi connectivity index (χ1v) is 5.72. The van der Waals surface area contributed by atoms with Crippen LogP contribution in [0.25, 0.3) is 11.4 Å². The zero-order valence-corrected chi connectivity index (χ0v) is 10.0. The van der Waals surface area contributed by atoms with Crippen LogP contribution < -0.4 is 5.32 Å². The first kappa shape index (κ1) is 11.4. The molecule has 1 aromatic carbocycles. The van der Waals surface area contributed by atoms with Crippen molar-refractivity contribution < 1.29 is 5.11 Å². The number of phenolic OH excluding ortho intramolecular Hbond substituents is 1. The Labute approximate surface area is 100 Å². The number of nitrogens with one attached hydrogen (secondary N) is 1. The molecule has 0 radical (unpaired) electrons. The van der Waals surface area contributed by atoms with Gasteiger partial charge >= 0.3 is 0 Å². The highest BCUT2D eigenvalue weighted by molar-refractivity contribution is 5.59. The van der Waals surface area contributed by atoms with E-state index in [2.05, 4.69) is 15.5 Å². The van der Waals surface area contributed by atoms with E-state index in [1.54, 1.807) is 18.2 Å². The molecule has 0 spiro atoms. The Kier molecular flexibility index (Phi) is 3.27. The molecule has 0 aliphatic carbocycles. The topological polar surface area (TPSA) is 63.0 Å². The zero-order chi connectivity index (χ0) is 12.3. The van der Waals surface area contributed by atoms with Crippen LogP contribution in [-0.2, 0) is 6.54 Å². The van der Waals surface area contributed by atoms with E-state index in [9.17, 15) is 5.11 Å². The number of rotatable bonds is 4. The maximum atomic E-state index is 9.48. The number of phenols is 1. The monoisotopic (exact) mass is 232 g/mol. The normalized spacial score (nSPS) is 10.5. The fourth-order valence-electron chi connectivity index (χ4n) is 1.75. The van der Waals surface area contributed by atoms with Crippen LogP contribution in [0.4, 0.5) is 5.95 Å². The van der Waals surface area contributed by atoms with Crippen molar-refractivity contribution in [3.8, 4) is 17.1 Å². The van der Waals surface area contributed by atoms with Crippen molar-refractivity contribution in [2.24, 2.45) is 0 Å². The van der Waals surface area contributed by atoms with Gasteiger partial charge in [0.1, 0.15) is 5.75 Å². The summed E-state index contributed by atoms with van der Waals surface area (Å²) in [4.78, 5) is 0. The lowest BCUT2D eigenvalue weighted by Gasteiger charge is -2.08. The molecule has 0 unspecified atom stereocenters. The predicted molar refractivity (Wildman–Crippen MR) is 67.0 cm³/mol. The summed E-state index contributed by atoms with van der Waals surface area (Å²) in [5.41, 5.74) is 0.864. The predicted octanol–water partition coefficient (Wildman–Crippen LogP) is 2.10. The van der Waals surface area contributed by atoms with Gasteiger partial charge in [0.25, 0.3) is 0 Å². The molecular weight excluding hydrogens is 216 g/mol. The average Bonchev–Trinajstić information content (AvgIpc) is 2.72. The molecule has 0 bridgehead atoms. The number of nitrogens with zero attached hydrogens (tertiary/aromatic N) is 3. The van der Waals surface area contributed by atoms with Crippen LogP contribution in [0.15, 0.2) is 24.3 Å². The Hall–Kier alpha value is -2.04. The van der Waals surface area contributed by atoms with Crippen molar-refractivity contribution >= 4 is 5.95 Å². The molecule has 1 aromatic heterocycles. The maximum absolute atomic E-state index is 9.48. The Morgan fingerprint density at radius 1 is 1.29 bits per heavy atom. The highest BCUT2D eigenvalue weighted by Gasteiger charge is 2.11. The van der Waals surface area contributed by atoms with Crippen molar-refractivity contribution in [2.45, 2.75) is 20.4 Å². The molecule has 5 heteroatoms. The first-order chi connectivity index (χ1) is 8.26. The lowest BCUT2D eigenvalue weighted by atomic mass is 10.2. The number of hydrogen-bond donors (Lipinski definition) is 2. The maximum Gasteiger partial charge on any atom is 0.224 e.